The monoisotopic (exact) mass is 494 g/mol. The van der Waals surface area contributed by atoms with E-state index in [-0.39, 0.29) is 46.2 Å². The Bertz CT molecular complexity index is 1640. The number of hydrogen-bond acceptors (Lipinski definition) is 7. The molecule has 0 radical (unpaired) electrons. The maximum Gasteiger partial charge on any atom is 0.193 e. The molecule has 4 aromatic carbocycles. The highest BCUT2D eigenvalue weighted by Gasteiger charge is 2.30. The minimum atomic E-state index is -0.503. The third kappa shape index (κ3) is 5.01. The zero-order chi connectivity index (χ0) is 25.9. The Balaban J connectivity index is 0.000000153. The molecule has 7 heteroatoms. The van der Waals surface area contributed by atoms with Gasteiger partial charge < -0.3 is 24.5 Å². The number of rotatable bonds is 2. The van der Waals surface area contributed by atoms with Crippen LogP contribution in [0.2, 0.25) is 0 Å². The zero-order valence-corrected chi connectivity index (χ0v) is 19.5. The van der Waals surface area contributed by atoms with Gasteiger partial charge in [0.05, 0.1) is 11.8 Å². The Kier molecular flexibility index (Phi) is 6.34. The van der Waals surface area contributed by atoms with E-state index >= 15 is 0 Å². The van der Waals surface area contributed by atoms with Gasteiger partial charge in [0.2, 0.25) is 0 Å². The Hall–Kier alpha value is -5.04. The molecule has 0 aliphatic carbocycles. The van der Waals surface area contributed by atoms with Crippen LogP contribution in [0.5, 0.6) is 23.0 Å². The van der Waals surface area contributed by atoms with Crippen molar-refractivity contribution in [3.63, 3.8) is 0 Å². The van der Waals surface area contributed by atoms with Crippen LogP contribution in [-0.2, 0) is 0 Å². The van der Waals surface area contributed by atoms with E-state index in [1.807, 2.05) is 48.5 Å². The molecule has 184 valence electrons. The second-order valence-electron chi connectivity index (χ2n) is 8.50. The van der Waals surface area contributed by atoms with Crippen molar-refractivity contribution in [1.82, 2.24) is 0 Å². The molecule has 0 fully saturated rings. The summed E-state index contributed by atoms with van der Waals surface area (Å²) in [6.45, 7) is 0. The largest absolute Gasteiger partial charge is 0.508 e. The predicted octanol–water partition coefficient (Wildman–Crippen LogP) is 5.97. The number of carbonyl (C=O) groups is 1. The Morgan fingerprint density at radius 2 is 1.43 bits per heavy atom. The van der Waals surface area contributed by atoms with E-state index in [4.69, 9.17) is 9.15 Å². The van der Waals surface area contributed by atoms with Gasteiger partial charge in [0.25, 0.3) is 0 Å². The molecule has 7 nitrogen and oxygen atoms in total. The second kappa shape index (κ2) is 9.91. The van der Waals surface area contributed by atoms with Gasteiger partial charge in [-0.2, -0.15) is 0 Å². The summed E-state index contributed by atoms with van der Waals surface area (Å²) in [6.07, 6.45) is -0.410. The first-order valence-electron chi connectivity index (χ1n) is 11.5. The molecule has 1 aliphatic rings. The maximum atomic E-state index is 12.1. The van der Waals surface area contributed by atoms with Crippen molar-refractivity contribution in [3.05, 3.63) is 118 Å². The fraction of sp³-hybridized carbons (Fsp3) is 0.0667. The Morgan fingerprint density at radius 3 is 2.19 bits per heavy atom. The van der Waals surface area contributed by atoms with Crippen LogP contribution in [0.15, 0.2) is 106 Å². The molecule has 37 heavy (non-hydrogen) atoms. The first kappa shape index (κ1) is 23.7. The van der Waals surface area contributed by atoms with Crippen LogP contribution in [0.4, 0.5) is 0 Å². The average Bonchev–Trinajstić information content (AvgIpc) is 2.89. The summed E-state index contributed by atoms with van der Waals surface area (Å²) in [7, 11) is 0. The van der Waals surface area contributed by atoms with Crippen LogP contribution in [-0.4, -0.2) is 21.1 Å². The van der Waals surface area contributed by atoms with Gasteiger partial charge in [0.15, 0.2) is 11.2 Å². The number of ether oxygens (including phenoxy) is 1. The molecule has 1 aliphatic heterocycles. The van der Waals surface area contributed by atoms with Gasteiger partial charge in [0, 0.05) is 23.8 Å². The lowest BCUT2D eigenvalue weighted by atomic mass is 9.95. The summed E-state index contributed by atoms with van der Waals surface area (Å²) < 4.78 is 11.4. The highest BCUT2D eigenvalue weighted by molar-refractivity contribution is 6.02. The van der Waals surface area contributed by atoms with Crippen LogP contribution in [0.25, 0.3) is 22.3 Å². The zero-order valence-electron chi connectivity index (χ0n) is 19.5. The lowest BCUT2D eigenvalue weighted by Gasteiger charge is -2.26. The Labute approximate surface area is 211 Å². The number of phenolic OH excluding ortho intramolecular Hbond substituents is 3. The van der Waals surface area contributed by atoms with Gasteiger partial charge in [-0.15, -0.1) is 0 Å². The van der Waals surface area contributed by atoms with Gasteiger partial charge in [-0.1, -0.05) is 54.6 Å². The molecule has 0 saturated heterocycles. The fourth-order valence-corrected chi connectivity index (χ4v) is 4.15. The SMILES string of the molecule is O=C1C[C@@H](c2ccc(O)cc2)Oc2cc(O)cc(O)c21.O=c1cc(-c2ccccc2)oc2ccccc12. The van der Waals surface area contributed by atoms with Gasteiger partial charge in [0.1, 0.15) is 46.0 Å². The highest BCUT2D eigenvalue weighted by atomic mass is 16.5. The van der Waals surface area contributed by atoms with Crippen LogP contribution in [0, 0.1) is 0 Å². The van der Waals surface area contributed by atoms with E-state index in [0.717, 1.165) is 17.2 Å². The normalized spacial score (nSPS) is 14.3. The number of Topliss-reactive ketones (excluding diaryl/α,β-unsaturated/α-hetero) is 1. The van der Waals surface area contributed by atoms with E-state index in [1.54, 1.807) is 18.2 Å². The van der Waals surface area contributed by atoms with E-state index in [9.17, 15) is 24.9 Å². The fourth-order valence-electron chi connectivity index (χ4n) is 4.15. The maximum absolute atomic E-state index is 12.1. The van der Waals surface area contributed by atoms with Crippen molar-refractivity contribution in [2.24, 2.45) is 0 Å². The van der Waals surface area contributed by atoms with E-state index in [0.29, 0.717) is 16.7 Å². The standard InChI is InChI=1S/C15H12O5.C15H10O2/c16-9-3-1-8(2-4-9)13-7-12(19)15-11(18)5-10(17)6-14(15)20-13;16-13-10-15(11-6-2-1-3-7-11)17-14-9-5-4-8-12(13)14/h1-6,13,16-18H,7H2;1-10H/t13-;/m0./s1. The highest BCUT2D eigenvalue weighted by Crippen LogP contribution is 2.41. The van der Waals surface area contributed by atoms with Crippen molar-refractivity contribution in [2.75, 3.05) is 0 Å². The molecule has 1 aromatic heterocycles. The van der Waals surface area contributed by atoms with Crippen molar-refractivity contribution in [2.45, 2.75) is 12.5 Å². The molecule has 3 N–H and O–H groups in total. The topological polar surface area (TPSA) is 117 Å². The van der Waals surface area contributed by atoms with E-state index < -0.39 is 6.10 Å². The number of benzene rings is 4. The van der Waals surface area contributed by atoms with E-state index in [1.165, 1.54) is 24.3 Å². The molecule has 1 atom stereocenters. The third-order valence-electron chi connectivity index (χ3n) is 5.94. The van der Waals surface area contributed by atoms with Gasteiger partial charge in [-0.05, 0) is 29.8 Å². The van der Waals surface area contributed by atoms with Crippen LogP contribution >= 0.6 is 0 Å². The predicted molar refractivity (Wildman–Crippen MR) is 138 cm³/mol. The third-order valence-corrected chi connectivity index (χ3v) is 5.94. The van der Waals surface area contributed by atoms with Gasteiger partial charge in [-0.25, -0.2) is 0 Å². The lowest BCUT2D eigenvalue weighted by molar-refractivity contribution is 0.0845. The van der Waals surface area contributed by atoms with E-state index in [2.05, 4.69) is 0 Å². The molecule has 0 saturated carbocycles. The quantitative estimate of drug-likeness (QED) is 0.277. The minimum absolute atomic E-state index is 0.00861. The summed E-state index contributed by atoms with van der Waals surface area (Å²) in [4.78, 5) is 24.0. The Morgan fingerprint density at radius 1 is 0.730 bits per heavy atom. The van der Waals surface area contributed by atoms with Crippen LogP contribution in [0.1, 0.15) is 28.4 Å². The van der Waals surface area contributed by atoms with Crippen LogP contribution in [0.3, 0.4) is 0 Å². The molecular formula is C30H22O7. The smallest absolute Gasteiger partial charge is 0.193 e. The van der Waals surface area contributed by atoms with Crippen molar-refractivity contribution < 1.29 is 29.3 Å². The van der Waals surface area contributed by atoms with Crippen molar-refractivity contribution in [3.8, 4) is 34.3 Å². The number of phenols is 3. The number of hydrogen-bond donors (Lipinski definition) is 3. The molecule has 6 rings (SSSR count). The minimum Gasteiger partial charge on any atom is -0.508 e. The summed E-state index contributed by atoms with van der Waals surface area (Å²) >= 11 is 0. The number of fused-ring (bicyclic) bond motifs is 2. The molecule has 0 bridgehead atoms. The summed E-state index contributed by atoms with van der Waals surface area (Å²) in [5.41, 5.74) is 2.36. The summed E-state index contributed by atoms with van der Waals surface area (Å²) in [5.74, 6) is 0.203. The first-order valence-corrected chi connectivity index (χ1v) is 11.5. The number of ketones is 1. The van der Waals surface area contributed by atoms with Gasteiger partial charge in [-0.3, -0.25) is 9.59 Å². The average molecular weight is 494 g/mol. The first-order chi connectivity index (χ1) is 17.9. The second-order valence-corrected chi connectivity index (χ2v) is 8.50. The van der Waals surface area contributed by atoms with Gasteiger partial charge >= 0.3 is 0 Å². The number of aromatic hydroxyl groups is 3. The molecule has 0 amide bonds. The molecular weight excluding hydrogens is 472 g/mol. The number of para-hydroxylation sites is 1. The van der Waals surface area contributed by atoms with Crippen molar-refractivity contribution in [1.29, 1.82) is 0 Å². The summed E-state index contributed by atoms with van der Waals surface area (Å²) in [5, 5.41) is 29.1. The lowest BCUT2D eigenvalue weighted by Crippen LogP contribution is -2.20. The molecule has 0 spiro atoms. The van der Waals surface area contributed by atoms with Crippen LogP contribution < -0.4 is 10.2 Å². The molecule has 5 aromatic rings. The number of carbonyl (C=O) groups excluding carboxylic acids is 1. The molecule has 2 heterocycles. The van der Waals surface area contributed by atoms with Crippen molar-refractivity contribution >= 4 is 16.8 Å². The molecule has 0 unspecified atom stereocenters. The summed E-state index contributed by atoms with van der Waals surface area (Å²) in [6, 6.07) is 27.2.